The van der Waals surface area contributed by atoms with Gasteiger partial charge in [0.1, 0.15) is 59.3 Å². The van der Waals surface area contributed by atoms with Crippen LogP contribution >= 0.6 is 11.3 Å². The molecule has 0 radical (unpaired) electrons. The highest BCUT2D eigenvalue weighted by molar-refractivity contribution is 7.21. The Kier molecular flexibility index (Phi) is 35.4. The molecule has 0 bridgehead atoms. The zero-order valence-corrected chi connectivity index (χ0v) is 67.0. The van der Waals surface area contributed by atoms with Crippen molar-refractivity contribution < 1.29 is 112 Å². The molecule has 2 aromatic carbocycles. The quantitative estimate of drug-likeness (QED) is 0.0206. The van der Waals surface area contributed by atoms with Gasteiger partial charge in [0.05, 0.1) is 108 Å². The number of nitrogens with zero attached hydrogens (tertiary/aromatic N) is 7. The van der Waals surface area contributed by atoms with Crippen molar-refractivity contribution in [2.75, 3.05) is 87.7 Å². The van der Waals surface area contributed by atoms with Gasteiger partial charge in [-0.15, -0.1) is 16.4 Å². The third-order valence-corrected chi connectivity index (χ3v) is 22.5. The molecule has 7 amide bonds. The number of hydrogen-bond acceptors (Lipinski definition) is 24. The highest BCUT2D eigenvalue weighted by atomic mass is 32.1. The van der Waals surface area contributed by atoms with Crippen molar-refractivity contribution in [3.8, 4) is 5.75 Å². The van der Waals surface area contributed by atoms with E-state index in [2.05, 4.69) is 34.8 Å². The lowest BCUT2D eigenvalue weighted by molar-refractivity contribution is -0.277. The number of ether oxygens (including phenoxy) is 8. The van der Waals surface area contributed by atoms with Gasteiger partial charge in [0, 0.05) is 76.0 Å². The molecule has 0 aliphatic carbocycles. The van der Waals surface area contributed by atoms with Crippen LogP contribution in [0.5, 0.6) is 5.75 Å². The second-order valence-electron chi connectivity index (χ2n) is 29.8. The number of methoxy groups -OCH3 is 2. The van der Waals surface area contributed by atoms with E-state index in [0.29, 0.717) is 31.5 Å². The van der Waals surface area contributed by atoms with Crippen molar-refractivity contribution >= 4 is 74.9 Å². The van der Waals surface area contributed by atoms with Crippen LogP contribution in [0.3, 0.4) is 0 Å². The number of carboxylic acid groups (broad SMARTS) is 2. The molecule has 4 unspecified atom stereocenters. The van der Waals surface area contributed by atoms with Gasteiger partial charge in [-0.2, -0.15) is 0 Å². The van der Waals surface area contributed by atoms with Gasteiger partial charge in [-0.05, 0) is 67.1 Å². The molecule has 3 fully saturated rings. The molecule has 8 N–H and O–H groups in total. The summed E-state index contributed by atoms with van der Waals surface area (Å²) >= 11 is 0.805. The lowest BCUT2D eigenvalue weighted by atomic mass is 9.84. The smallest absolute Gasteiger partial charge is 0.410 e. The molecule has 3 saturated heterocycles. The van der Waals surface area contributed by atoms with Crippen LogP contribution in [0.2, 0.25) is 0 Å². The molecule has 3 aliphatic rings. The summed E-state index contributed by atoms with van der Waals surface area (Å²) in [5.41, 5.74) is 1.27. The maximum atomic E-state index is 15.2. The number of amides is 7. The summed E-state index contributed by atoms with van der Waals surface area (Å²) in [6.45, 7) is 17.9. The molecular formula is C78H117N9O23S. The van der Waals surface area contributed by atoms with Gasteiger partial charge in [-0.25, -0.2) is 19.1 Å². The first-order chi connectivity index (χ1) is 52.9. The molecule has 32 nitrogen and oxygen atoms in total. The SMILES string of the molecule is CCCC(CCC)C1CC(=O)N(CCOCCOCCOCCn2cc(CC(OC(=O)N(C)[C@H](C(=O)N[C@H](C(=O)N(C)[C@@H](C(C)CC)[C@@H](CC(=O)N3CCC[C@H]3[C@H](OC)[C@@H](C)C(=O)NC(Cc3ccccc3)C(=O)O)OC)C(C)C)C(C)C)c3ccc(O[C@@H]4O[C@H](CO)[C@H](O)[C@H](O)[C@H]4O)c4cc(C(=O)O)sc34)nn2)C1=O. The van der Waals surface area contributed by atoms with Gasteiger partial charge in [0.25, 0.3) is 0 Å². The summed E-state index contributed by atoms with van der Waals surface area (Å²) in [6.07, 6.45) is -5.49. The lowest BCUT2D eigenvalue weighted by Crippen LogP contribution is -2.60. The first-order valence-corrected chi connectivity index (χ1v) is 39.4. The number of imide groups is 1. The molecule has 16 atom stereocenters. The topological polar surface area (TPSA) is 417 Å². The fourth-order valence-corrected chi connectivity index (χ4v) is 16.2. The van der Waals surface area contributed by atoms with Crippen LogP contribution in [0.25, 0.3) is 10.1 Å². The number of carbonyl (C=O) groups excluding carboxylic acids is 7. The normalized spacial score (nSPS) is 21.2. The standard InChI is InChI=1S/C78H117N9O23S/c1-14-21-49(22-15-2)52-40-61(89)87(73(52)96)30-32-106-34-36-107-35-33-105-31-29-85-42-50(81-82-85)38-57(51-26-27-56(53-39-60(76(100)101)111-70(51)53)108-77-68(93)67(92)66(91)59(43-88)109-77)110-78(102)84(11)64(45(6)7)72(95)80-63(44(4)5)74(97)83(10)65(46(8)16-3)58(103-12)41-62(90)86-28-20-25-55(86)69(104-13)47(9)71(94)79-54(75(98)99)37-48-23-18-17-19-24-48/h17-19,23-24,26-27,39,42,44-47,49,52,54-55,57-59,63-69,77,88,91-93H,14-16,20-22,25,28-38,40-41,43H2,1-13H3,(H,79,94)(H,80,95)(H,98,99)(H,100,101)/t46?,47-,52?,54?,55+,57?,58-,59-,63+,64+,65+,66+,67+,68-,69-,77-/m1/s1. The number of carbonyl (C=O) groups is 9. The minimum Gasteiger partial charge on any atom is -0.480 e. The zero-order chi connectivity index (χ0) is 81.5. The summed E-state index contributed by atoms with van der Waals surface area (Å²) in [4.78, 5) is 130. The van der Waals surface area contributed by atoms with E-state index in [1.807, 2.05) is 19.9 Å². The van der Waals surface area contributed by atoms with Gasteiger partial charge in [-0.3, -0.25) is 38.6 Å². The first-order valence-electron chi connectivity index (χ1n) is 38.6. The van der Waals surface area contributed by atoms with Crippen molar-refractivity contribution in [2.24, 2.45) is 35.5 Å². The summed E-state index contributed by atoms with van der Waals surface area (Å²) < 4.78 is 49.2. The number of aliphatic carboxylic acids is 1. The number of aliphatic hydroxyl groups is 4. The number of thiophene rings is 1. The number of nitrogens with one attached hydrogen (secondary N) is 2. The molecule has 5 heterocycles. The molecule has 0 spiro atoms. The molecule has 618 valence electrons. The predicted molar refractivity (Wildman–Crippen MR) is 406 cm³/mol. The monoisotopic (exact) mass is 1580 g/mol. The van der Waals surface area contributed by atoms with E-state index in [1.54, 1.807) is 77.0 Å². The van der Waals surface area contributed by atoms with Crippen LogP contribution in [0.15, 0.2) is 54.7 Å². The number of likely N-dealkylation sites (tertiary alicyclic amines) is 2. The minimum absolute atomic E-state index is 0.0512. The van der Waals surface area contributed by atoms with Gasteiger partial charge < -0.3 is 89.0 Å². The zero-order valence-electron chi connectivity index (χ0n) is 66.2. The van der Waals surface area contributed by atoms with E-state index >= 15 is 9.59 Å². The number of aromatic nitrogens is 3. The Morgan fingerprint density at radius 2 is 1.43 bits per heavy atom. The van der Waals surface area contributed by atoms with Gasteiger partial charge >= 0.3 is 18.0 Å². The third-order valence-electron chi connectivity index (χ3n) is 21.4. The van der Waals surface area contributed by atoms with Gasteiger partial charge in [0.2, 0.25) is 41.7 Å². The minimum atomic E-state index is -1.83. The Hall–Kier alpha value is -7.83. The highest BCUT2D eigenvalue weighted by Gasteiger charge is 2.48. The highest BCUT2D eigenvalue weighted by Crippen LogP contribution is 2.42. The van der Waals surface area contributed by atoms with Crippen molar-refractivity contribution in [1.29, 1.82) is 0 Å². The lowest BCUT2D eigenvalue weighted by Gasteiger charge is -2.41. The van der Waals surface area contributed by atoms with Crippen LogP contribution in [0.4, 0.5) is 4.79 Å². The number of hydrogen-bond donors (Lipinski definition) is 8. The Labute approximate surface area is 653 Å². The van der Waals surface area contributed by atoms with E-state index in [9.17, 15) is 64.2 Å². The van der Waals surface area contributed by atoms with Crippen LogP contribution in [0, 0.1) is 35.5 Å². The predicted octanol–water partition coefficient (Wildman–Crippen LogP) is 5.26. The maximum Gasteiger partial charge on any atom is 0.410 e. The Morgan fingerprint density at radius 3 is 2.03 bits per heavy atom. The van der Waals surface area contributed by atoms with E-state index in [-0.39, 0.29) is 140 Å². The summed E-state index contributed by atoms with van der Waals surface area (Å²) in [6, 6.07) is 8.13. The fourth-order valence-electron chi connectivity index (χ4n) is 15.1. The summed E-state index contributed by atoms with van der Waals surface area (Å²) in [5.74, 6) is -7.33. The molecule has 3 aliphatic heterocycles. The fraction of sp³-hybridized carbons (Fsp3) is 0.679. The summed E-state index contributed by atoms with van der Waals surface area (Å²) in [5, 5.41) is 77.0. The number of carboxylic acids is 2. The van der Waals surface area contributed by atoms with Crippen molar-refractivity contribution in [2.45, 2.75) is 219 Å². The van der Waals surface area contributed by atoms with E-state index in [4.69, 9.17) is 37.9 Å². The van der Waals surface area contributed by atoms with Gasteiger partial charge in [-0.1, -0.05) is 123 Å². The van der Waals surface area contributed by atoms with E-state index < -0.39 is 139 Å². The molecule has 7 rings (SSSR count). The average molecular weight is 1580 g/mol. The molecular weight excluding hydrogens is 1460 g/mol. The second kappa shape index (κ2) is 43.4. The van der Waals surface area contributed by atoms with E-state index in [0.717, 1.165) is 47.5 Å². The van der Waals surface area contributed by atoms with Crippen molar-refractivity contribution in [3.05, 3.63) is 76.4 Å². The van der Waals surface area contributed by atoms with Gasteiger partial charge in [0.15, 0.2) is 0 Å². The van der Waals surface area contributed by atoms with Crippen LogP contribution in [-0.4, -0.2) is 279 Å². The number of aliphatic hydroxyl groups excluding tert-OH is 4. The molecule has 2 aromatic heterocycles. The largest absolute Gasteiger partial charge is 0.480 e. The summed E-state index contributed by atoms with van der Waals surface area (Å²) in [7, 11) is 5.85. The van der Waals surface area contributed by atoms with Crippen LogP contribution in [-0.2, 0) is 86.1 Å². The third kappa shape index (κ3) is 23.7. The Bertz CT molecular complexity index is 3690. The average Bonchev–Trinajstić information content (AvgIpc) is 1.68. The molecule has 0 saturated carbocycles. The number of aromatic carboxylic acids is 1. The molecule has 111 heavy (non-hydrogen) atoms. The van der Waals surface area contributed by atoms with Crippen LogP contribution < -0.4 is 15.4 Å². The van der Waals surface area contributed by atoms with Crippen molar-refractivity contribution in [3.63, 3.8) is 0 Å². The molecule has 4 aromatic rings. The number of fused-ring (bicyclic) bond motifs is 1. The molecule has 33 heteroatoms. The van der Waals surface area contributed by atoms with Crippen LogP contribution in [0.1, 0.15) is 153 Å². The second-order valence-corrected chi connectivity index (χ2v) is 30.8. The van der Waals surface area contributed by atoms with E-state index in [1.165, 1.54) is 53.9 Å². The maximum absolute atomic E-state index is 15.2. The van der Waals surface area contributed by atoms with Crippen molar-refractivity contribution in [1.82, 2.24) is 45.2 Å². The number of benzene rings is 2. The number of likely N-dealkylation sites (N-methyl/N-ethyl adjacent to an activating group) is 2. The number of rotatable bonds is 46. The Balaban J connectivity index is 1.04. The first kappa shape index (κ1) is 90.4. The Morgan fingerprint density at radius 1 is 0.775 bits per heavy atom.